The van der Waals surface area contributed by atoms with Crippen molar-refractivity contribution in [1.29, 1.82) is 0 Å². The molecule has 1 spiro atoms. The quantitative estimate of drug-likeness (QED) is 0.717. The van der Waals surface area contributed by atoms with Gasteiger partial charge in [-0.2, -0.15) is 0 Å². The molecule has 0 aromatic carbocycles. The standard InChI is InChI=1S/C15H27NO/c1-17-8-7-16-11-14-10-15(14)6-2-3-13(9-15)12-4-5-12/h12-14,16H,2-11H2,1H3. The van der Waals surface area contributed by atoms with E-state index in [4.69, 9.17) is 4.74 Å². The summed E-state index contributed by atoms with van der Waals surface area (Å²) in [5.74, 6) is 3.23. The van der Waals surface area contributed by atoms with Crippen molar-refractivity contribution in [2.24, 2.45) is 23.2 Å². The maximum Gasteiger partial charge on any atom is 0.0587 e. The predicted octanol–water partition coefficient (Wildman–Crippen LogP) is 2.83. The summed E-state index contributed by atoms with van der Waals surface area (Å²) in [7, 11) is 1.78. The average Bonchev–Trinajstić information content (AvgIpc) is 3.23. The summed E-state index contributed by atoms with van der Waals surface area (Å²) < 4.78 is 5.08. The van der Waals surface area contributed by atoms with Crippen molar-refractivity contribution >= 4 is 0 Å². The molecule has 0 amide bonds. The minimum atomic E-state index is 0.783. The molecule has 0 aromatic rings. The zero-order valence-electron chi connectivity index (χ0n) is 11.2. The molecule has 3 aliphatic rings. The highest BCUT2D eigenvalue weighted by atomic mass is 16.5. The summed E-state index contributed by atoms with van der Waals surface area (Å²) in [6.45, 7) is 3.11. The molecule has 3 atom stereocenters. The van der Waals surface area contributed by atoms with Gasteiger partial charge in [0.25, 0.3) is 0 Å². The third-order valence-corrected chi connectivity index (χ3v) is 5.44. The average molecular weight is 237 g/mol. The molecule has 1 N–H and O–H groups in total. The van der Waals surface area contributed by atoms with E-state index in [0.717, 1.165) is 36.3 Å². The molecule has 0 radical (unpaired) electrons. The van der Waals surface area contributed by atoms with Crippen LogP contribution in [0, 0.1) is 23.2 Å². The first-order valence-electron chi connectivity index (χ1n) is 7.54. The lowest BCUT2D eigenvalue weighted by atomic mass is 9.75. The number of ether oxygens (including phenoxy) is 1. The second kappa shape index (κ2) is 4.89. The van der Waals surface area contributed by atoms with E-state index in [1.165, 1.54) is 45.1 Å². The number of methoxy groups -OCH3 is 1. The summed E-state index contributed by atoms with van der Waals surface area (Å²) in [4.78, 5) is 0. The second-order valence-electron chi connectivity index (χ2n) is 6.65. The largest absolute Gasteiger partial charge is 0.383 e. The van der Waals surface area contributed by atoms with Crippen LogP contribution in [0.5, 0.6) is 0 Å². The molecule has 0 aliphatic heterocycles. The molecule has 2 nitrogen and oxygen atoms in total. The van der Waals surface area contributed by atoms with Gasteiger partial charge in [-0.1, -0.05) is 12.8 Å². The van der Waals surface area contributed by atoms with Crippen molar-refractivity contribution in [3.8, 4) is 0 Å². The number of rotatable bonds is 6. The van der Waals surface area contributed by atoms with Gasteiger partial charge in [0.2, 0.25) is 0 Å². The van der Waals surface area contributed by atoms with Gasteiger partial charge in [-0.15, -0.1) is 0 Å². The number of hydrogen-bond donors (Lipinski definition) is 1. The Hall–Kier alpha value is -0.0800. The molecule has 0 heterocycles. The molecule has 3 fully saturated rings. The van der Waals surface area contributed by atoms with Gasteiger partial charge in [-0.3, -0.25) is 0 Å². The molecule has 3 saturated carbocycles. The van der Waals surface area contributed by atoms with Gasteiger partial charge in [0.1, 0.15) is 0 Å². The van der Waals surface area contributed by atoms with Crippen LogP contribution in [-0.2, 0) is 4.74 Å². The van der Waals surface area contributed by atoms with E-state index in [0.29, 0.717) is 0 Å². The van der Waals surface area contributed by atoms with Crippen molar-refractivity contribution in [2.45, 2.75) is 44.9 Å². The lowest BCUT2D eigenvalue weighted by molar-refractivity contribution is 0.192. The summed E-state index contributed by atoms with van der Waals surface area (Å²) in [6.07, 6.45) is 10.7. The van der Waals surface area contributed by atoms with Crippen LogP contribution < -0.4 is 5.32 Å². The van der Waals surface area contributed by atoms with Crippen molar-refractivity contribution in [2.75, 3.05) is 26.8 Å². The lowest BCUT2D eigenvalue weighted by Crippen LogP contribution is -2.26. The zero-order chi connectivity index (χ0) is 11.7. The highest BCUT2D eigenvalue weighted by molar-refractivity contribution is 5.07. The smallest absolute Gasteiger partial charge is 0.0587 e. The molecule has 17 heavy (non-hydrogen) atoms. The topological polar surface area (TPSA) is 21.3 Å². The van der Waals surface area contributed by atoms with Crippen LogP contribution in [0.2, 0.25) is 0 Å². The molecule has 3 unspecified atom stereocenters. The van der Waals surface area contributed by atoms with E-state index in [9.17, 15) is 0 Å². The molecule has 0 bridgehead atoms. The molecule has 0 aromatic heterocycles. The van der Waals surface area contributed by atoms with Gasteiger partial charge >= 0.3 is 0 Å². The highest BCUT2D eigenvalue weighted by Gasteiger charge is 2.56. The first-order chi connectivity index (χ1) is 8.34. The van der Waals surface area contributed by atoms with E-state index in [1.54, 1.807) is 13.5 Å². The van der Waals surface area contributed by atoms with E-state index >= 15 is 0 Å². The third-order valence-electron chi connectivity index (χ3n) is 5.44. The molecule has 3 aliphatic carbocycles. The van der Waals surface area contributed by atoms with Gasteiger partial charge < -0.3 is 10.1 Å². The van der Waals surface area contributed by atoms with Crippen molar-refractivity contribution in [3.05, 3.63) is 0 Å². The zero-order valence-corrected chi connectivity index (χ0v) is 11.2. The fourth-order valence-corrected chi connectivity index (χ4v) is 4.14. The van der Waals surface area contributed by atoms with Gasteiger partial charge in [-0.05, 0) is 61.8 Å². The third kappa shape index (κ3) is 2.68. The number of hydrogen-bond acceptors (Lipinski definition) is 2. The Bertz CT molecular complexity index is 264. The van der Waals surface area contributed by atoms with Crippen LogP contribution in [-0.4, -0.2) is 26.8 Å². The molecular formula is C15H27NO. The number of nitrogens with one attached hydrogen (secondary N) is 1. The van der Waals surface area contributed by atoms with Crippen molar-refractivity contribution < 1.29 is 4.74 Å². The van der Waals surface area contributed by atoms with E-state index in [-0.39, 0.29) is 0 Å². The summed E-state index contributed by atoms with van der Waals surface area (Å²) in [6, 6.07) is 0. The van der Waals surface area contributed by atoms with Gasteiger partial charge in [0, 0.05) is 13.7 Å². The minimum absolute atomic E-state index is 0.783. The first-order valence-corrected chi connectivity index (χ1v) is 7.54. The Labute approximate surface area is 105 Å². The maximum absolute atomic E-state index is 5.08. The van der Waals surface area contributed by atoms with Gasteiger partial charge in [-0.25, -0.2) is 0 Å². The Morgan fingerprint density at radius 1 is 1.18 bits per heavy atom. The van der Waals surface area contributed by atoms with Gasteiger partial charge in [0.15, 0.2) is 0 Å². The molecular weight excluding hydrogens is 210 g/mol. The maximum atomic E-state index is 5.08. The Balaban J connectivity index is 1.41. The fraction of sp³-hybridized carbons (Fsp3) is 1.00. The van der Waals surface area contributed by atoms with Crippen LogP contribution in [0.1, 0.15) is 44.9 Å². The normalized spacial score (nSPS) is 40.8. The van der Waals surface area contributed by atoms with Crippen LogP contribution in [0.3, 0.4) is 0 Å². The fourth-order valence-electron chi connectivity index (χ4n) is 4.14. The van der Waals surface area contributed by atoms with Crippen molar-refractivity contribution in [3.63, 3.8) is 0 Å². The summed E-state index contributed by atoms with van der Waals surface area (Å²) in [5.41, 5.74) is 0.783. The Morgan fingerprint density at radius 2 is 2.06 bits per heavy atom. The monoisotopic (exact) mass is 237 g/mol. The van der Waals surface area contributed by atoms with Crippen LogP contribution in [0.15, 0.2) is 0 Å². The minimum Gasteiger partial charge on any atom is -0.383 e. The SMILES string of the molecule is COCCNCC1CC12CCCC(C1CC1)C2. The predicted molar refractivity (Wildman–Crippen MR) is 70.0 cm³/mol. The van der Waals surface area contributed by atoms with E-state index in [1.807, 2.05) is 0 Å². The summed E-state index contributed by atoms with van der Waals surface area (Å²) in [5, 5.41) is 3.55. The molecule has 98 valence electrons. The molecule has 2 heteroatoms. The van der Waals surface area contributed by atoms with E-state index < -0.39 is 0 Å². The van der Waals surface area contributed by atoms with Gasteiger partial charge in [0.05, 0.1) is 6.61 Å². The van der Waals surface area contributed by atoms with Crippen LogP contribution in [0.25, 0.3) is 0 Å². The first kappa shape index (κ1) is 12.0. The summed E-state index contributed by atoms with van der Waals surface area (Å²) >= 11 is 0. The second-order valence-corrected chi connectivity index (χ2v) is 6.65. The highest BCUT2D eigenvalue weighted by Crippen LogP contribution is 2.64. The van der Waals surface area contributed by atoms with E-state index in [2.05, 4.69) is 5.32 Å². The van der Waals surface area contributed by atoms with Crippen LogP contribution in [0.4, 0.5) is 0 Å². The Morgan fingerprint density at radius 3 is 2.82 bits per heavy atom. The Kier molecular flexibility index (Phi) is 3.45. The van der Waals surface area contributed by atoms with Crippen LogP contribution >= 0.6 is 0 Å². The molecule has 3 rings (SSSR count). The molecule has 0 saturated heterocycles. The van der Waals surface area contributed by atoms with Crippen molar-refractivity contribution in [1.82, 2.24) is 5.32 Å². The lowest BCUT2D eigenvalue weighted by Gasteiger charge is -2.30.